The molecule has 3 aromatic rings. The van der Waals surface area contributed by atoms with Crippen molar-refractivity contribution in [1.82, 2.24) is 10.6 Å². The monoisotopic (exact) mass is 526 g/mol. The van der Waals surface area contributed by atoms with Crippen LogP contribution in [0.15, 0.2) is 78.9 Å². The third kappa shape index (κ3) is 6.64. The summed E-state index contributed by atoms with van der Waals surface area (Å²) in [6, 6.07) is 22.6. The van der Waals surface area contributed by atoms with Crippen LogP contribution in [0.5, 0.6) is 0 Å². The number of carbonyl (C=O) groups excluding carboxylic acids is 2. The van der Waals surface area contributed by atoms with Gasteiger partial charge in [0, 0.05) is 12.3 Å². The summed E-state index contributed by atoms with van der Waals surface area (Å²) in [7, 11) is 0. The number of carbonyl (C=O) groups is 3. The average molecular weight is 527 g/mol. The van der Waals surface area contributed by atoms with Gasteiger partial charge in [0.1, 0.15) is 12.6 Å². The lowest BCUT2D eigenvalue weighted by molar-refractivity contribution is -0.146. The van der Waals surface area contributed by atoms with E-state index in [1.165, 1.54) is 0 Å². The minimum absolute atomic E-state index is 0.0619. The summed E-state index contributed by atoms with van der Waals surface area (Å²) >= 11 is 0. The van der Waals surface area contributed by atoms with Crippen LogP contribution in [0.4, 0.5) is 4.79 Å². The zero-order chi connectivity index (χ0) is 27.8. The Balaban J connectivity index is 1.36. The summed E-state index contributed by atoms with van der Waals surface area (Å²) in [5.74, 6) is 0.175. The number of aliphatic carboxylic acids is 1. The number of fused-ring (bicyclic) bond motifs is 3. The van der Waals surface area contributed by atoms with Crippen molar-refractivity contribution in [3.8, 4) is 23.5 Å². The molecule has 3 aromatic carbocycles. The van der Waals surface area contributed by atoms with Crippen molar-refractivity contribution in [2.24, 2.45) is 0 Å². The number of amides is 2. The Morgan fingerprint density at radius 2 is 1.51 bits per heavy atom. The molecule has 200 valence electrons. The van der Waals surface area contributed by atoms with E-state index in [1.54, 1.807) is 6.92 Å². The summed E-state index contributed by atoms with van der Waals surface area (Å²) in [5, 5.41) is 14.6. The predicted octanol–water partition coefficient (Wildman–Crippen LogP) is 4.09. The average Bonchev–Trinajstić information content (AvgIpc) is 3.27. The molecule has 1 aliphatic rings. The molecule has 2 amide bonds. The molecule has 4 rings (SSSR count). The number of carboxylic acid groups (broad SMARTS) is 1. The van der Waals surface area contributed by atoms with E-state index in [-0.39, 0.29) is 25.6 Å². The Morgan fingerprint density at radius 3 is 2.10 bits per heavy atom. The Bertz CT molecular complexity index is 1320. The molecule has 0 saturated carbocycles. The molecule has 0 heterocycles. The molecular weight excluding hydrogens is 496 g/mol. The van der Waals surface area contributed by atoms with Gasteiger partial charge in [0.05, 0.1) is 12.7 Å². The molecule has 0 saturated heterocycles. The maximum absolute atomic E-state index is 13.0. The van der Waals surface area contributed by atoms with Crippen molar-refractivity contribution in [2.75, 3.05) is 6.61 Å². The number of ether oxygens (including phenoxy) is 2. The van der Waals surface area contributed by atoms with Gasteiger partial charge in [-0.3, -0.25) is 4.79 Å². The second kappa shape index (κ2) is 12.8. The van der Waals surface area contributed by atoms with E-state index in [4.69, 9.17) is 15.9 Å². The fourth-order valence-corrected chi connectivity index (χ4v) is 4.64. The Labute approximate surface area is 227 Å². The highest BCUT2D eigenvalue weighted by molar-refractivity contribution is 5.89. The lowest BCUT2D eigenvalue weighted by Crippen LogP contribution is -2.55. The minimum Gasteiger partial charge on any atom is -0.480 e. The second-order valence-corrected chi connectivity index (χ2v) is 9.26. The van der Waals surface area contributed by atoms with E-state index in [0.717, 1.165) is 27.8 Å². The molecule has 0 aliphatic heterocycles. The normalized spacial score (nSPS) is 14.2. The Kier molecular flexibility index (Phi) is 8.97. The molecule has 3 atom stereocenters. The van der Waals surface area contributed by atoms with Gasteiger partial charge >= 0.3 is 12.1 Å². The molecule has 3 unspecified atom stereocenters. The third-order valence-electron chi connectivity index (χ3n) is 6.66. The number of alkyl carbamates (subject to hydrolysis) is 1. The van der Waals surface area contributed by atoms with E-state index in [2.05, 4.69) is 16.6 Å². The lowest BCUT2D eigenvalue weighted by atomic mass is 9.98. The smallest absolute Gasteiger partial charge is 0.407 e. The predicted molar refractivity (Wildman–Crippen MR) is 146 cm³/mol. The highest BCUT2D eigenvalue weighted by Gasteiger charge is 2.32. The SMILES string of the molecule is C#CCC(NC(=O)OCC1c2ccccc2-c2ccccc21)C(=O)NC(C(=O)O)C(C)OCc1ccccc1. The van der Waals surface area contributed by atoms with Crippen molar-refractivity contribution >= 4 is 18.0 Å². The van der Waals surface area contributed by atoms with Gasteiger partial charge in [-0.05, 0) is 34.7 Å². The molecule has 3 N–H and O–H groups in total. The van der Waals surface area contributed by atoms with Crippen LogP contribution in [0.3, 0.4) is 0 Å². The van der Waals surface area contributed by atoms with Gasteiger partial charge < -0.3 is 25.2 Å². The maximum Gasteiger partial charge on any atom is 0.407 e. The van der Waals surface area contributed by atoms with E-state index in [0.29, 0.717) is 0 Å². The number of hydrogen-bond acceptors (Lipinski definition) is 5. The summed E-state index contributed by atoms with van der Waals surface area (Å²) in [6.45, 7) is 1.79. The second-order valence-electron chi connectivity index (χ2n) is 9.26. The highest BCUT2D eigenvalue weighted by Crippen LogP contribution is 2.44. The molecule has 0 spiro atoms. The molecule has 8 heteroatoms. The lowest BCUT2D eigenvalue weighted by Gasteiger charge is -2.24. The first kappa shape index (κ1) is 27.4. The summed E-state index contributed by atoms with van der Waals surface area (Å²) in [4.78, 5) is 37.6. The minimum atomic E-state index is -1.36. The van der Waals surface area contributed by atoms with Crippen molar-refractivity contribution in [1.29, 1.82) is 0 Å². The summed E-state index contributed by atoms with van der Waals surface area (Å²) < 4.78 is 11.2. The first-order valence-corrected chi connectivity index (χ1v) is 12.6. The topological polar surface area (TPSA) is 114 Å². The molecule has 0 aromatic heterocycles. The van der Waals surface area contributed by atoms with Crippen LogP contribution in [0.2, 0.25) is 0 Å². The van der Waals surface area contributed by atoms with Crippen LogP contribution in [0.1, 0.15) is 36.0 Å². The quantitative estimate of drug-likeness (QED) is 0.324. The van der Waals surface area contributed by atoms with Gasteiger partial charge in [0.15, 0.2) is 6.04 Å². The number of carboxylic acids is 1. The number of nitrogens with one attached hydrogen (secondary N) is 2. The van der Waals surface area contributed by atoms with Gasteiger partial charge in [-0.15, -0.1) is 12.3 Å². The Hall–Kier alpha value is -4.61. The van der Waals surface area contributed by atoms with Gasteiger partial charge in [-0.25, -0.2) is 9.59 Å². The maximum atomic E-state index is 13.0. The van der Waals surface area contributed by atoms with E-state index < -0.39 is 36.2 Å². The zero-order valence-corrected chi connectivity index (χ0v) is 21.5. The van der Waals surface area contributed by atoms with Crippen LogP contribution < -0.4 is 10.6 Å². The van der Waals surface area contributed by atoms with E-state index in [1.807, 2.05) is 78.9 Å². The van der Waals surface area contributed by atoms with Crippen molar-refractivity contribution in [2.45, 2.75) is 44.1 Å². The van der Waals surface area contributed by atoms with Crippen LogP contribution in [0, 0.1) is 12.3 Å². The molecule has 0 bridgehead atoms. The van der Waals surface area contributed by atoms with Crippen LogP contribution in [-0.2, 0) is 25.7 Å². The molecule has 0 fully saturated rings. The number of terminal acetylenes is 1. The zero-order valence-electron chi connectivity index (χ0n) is 21.5. The number of benzene rings is 3. The molecular formula is C31H30N2O6. The largest absolute Gasteiger partial charge is 0.480 e. The van der Waals surface area contributed by atoms with Gasteiger partial charge in [0.25, 0.3) is 0 Å². The van der Waals surface area contributed by atoms with Crippen LogP contribution >= 0.6 is 0 Å². The van der Waals surface area contributed by atoms with Crippen LogP contribution in [0.25, 0.3) is 11.1 Å². The number of rotatable bonds is 11. The van der Waals surface area contributed by atoms with Gasteiger partial charge in [-0.1, -0.05) is 78.9 Å². The van der Waals surface area contributed by atoms with E-state index in [9.17, 15) is 19.5 Å². The van der Waals surface area contributed by atoms with Crippen LogP contribution in [-0.4, -0.2) is 47.9 Å². The third-order valence-corrected chi connectivity index (χ3v) is 6.66. The first-order valence-electron chi connectivity index (χ1n) is 12.6. The fourth-order valence-electron chi connectivity index (χ4n) is 4.64. The highest BCUT2D eigenvalue weighted by atomic mass is 16.5. The fraction of sp³-hybridized carbons (Fsp3) is 0.258. The van der Waals surface area contributed by atoms with Crippen molar-refractivity contribution in [3.63, 3.8) is 0 Å². The van der Waals surface area contributed by atoms with Gasteiger partial charge in [0.2, 0.25) is 5.91 Å². The summed E-state index contributed by atoms with van der Waals surface area (Å²) in [5.41, 5.74) is 5.16. The van der Waals surface area contributed by atoms with Crippen molar-refractivity contribution in [3.05, 3.63) is 95.6 Å². The molecule has 8 nitrogen and oxygen atoms in total. The molecule has 0 radical (unpaired) electrons. The van der Waals surface area contributed by atoms with E-state index >= 15 is 0 Å². The summed E-state index contributed by atoms with van der Waals surface area (Å²) in [6.07, 6.45) is 3.59. The first-order chi connectivity index (χ1) is 18.9. The standard InChI is InChI=1S/C31H30N2O6/c1-3-11-27(29(34)33-28(30(35)36)20(2)38-18-21-12-5-4-6-13-21)32-31(37)39-19-26-24-16-9-7-14-22(24)23-15-8-10-17-25(23)26/h1,4-10,12-17,20,26-28H,11,18-19H2,2H3,(H,32,37)(H,33,34)(H,35,36). The number of hydrogen-bond donors (Lipinski definition) is 3. The van der Waals surface area contributed by atoms with Crippen molar-refractivity contribution < 1.29 is 29.0 Å². The molecule has 39 heavy (non-hydrogen) atoms. The van der Waals surface area contributed by atoms with Gasteiger partial charge in [-0.2, -0.15) is 0 Å². The Morgan fingerprint density at radius 1 is 0.923 bits per heavy atom. The molecule has 1 aliphatic carbocycles.